The Morgan fingerprint density at radius 1 is 1.14 bits per heavy atom. The van der Waals surface area contributed by atoms with Gasteiger partial charge in [-0.15, -0.1) is 0 Å². The van der Waals surface area contributed by atoms with E-state index in [2.05, 4.69) is 11.0 Å². The van der Waals surface area contributed by atoms with Crippen LogP contribution in [0.2, 0.25) is 0 Å². The van der Waals surface area contributed by atoms with Crippen molar-refractivity contribution in [3.05, 3.63) is 47.0 Å². The van der Waals surface area contributed by atoms with E-state index in [0.29, 0.717) is 6.42 Å². The lowest BCUT2D eigenvalue weighted by atomic mass is 9.73. The molecule has 1 heterocycles. The fourth-order valence-electron chi connectivity index (χ4n) is 3.79. The van der Waals surface area contributed by atoms with E-state index >= 15 is 0 Å². The predicted molar refractivity (Wildman–Crippen MR) is 81.1 cm³/mol. The highest BCUT2D eigenvalue weighted by atomic mass is 16.3. The highest BCUT2D eigenvalue weighted by Crippen LogP contribution is 2.50. The number of nitrogens with two attached hydrogens (primary N) is 1. The molecule has 4 nitrogen and oxygen atoms in total. The molecule has 1 atom stereocenters. The zero-order valence-electron chi connectivity index (χ0n) is 11.9. The molecule has 108 valence electrons. The van der Waals surface area contributed by atoms with Crippen LogP contribution < -0.4 is 5.73 Å². The molecule has 0 radical (unpaired) electrons. The predicted octanol–water partition coefficient (Wildman–Crippen LogP) is 1.92. The van der Waals surface area contributed by atoms with Gasteiger partial charge in [0, 0.05) is 18.5 Å². The molecule has 2 aromatic rings. The van der Waals surface area contributed by atoms with E-state index in [1.165, 1.54) is 11.6 Å². The second kappa shape index (κ2) is 4.00. The molecule has 0 saturated carbocycles. The molecule has 21 heavy (non-hydrogen) atoms. The molecular formula is C17H18N2O2. The first kappa shape index (κ1) is 12.7. The van der Waals surface area contributed by atoms with Crippen molar-refractivity contribution in [1.29, 1.82) is 0 Å². The van der Waals surface area contributed by atoms with Crippen molar-refractivity contribution in [1.82, 2.24) is 4.90 Å². The molecule has 0 spiro atoms. The maximum absolute atomic E-state index is 10.3. The van der Waals surface area contributed by atoms with Crippen LogP contribution in [0.3, 0.4) is 0 Å². The first-order chi connectivity index (χ1) is 10.0. The smallest absolute Gasteiger partial charge is 0.165 e. The molecule has 2 aliphatic rings. The van der Waals surface area contributed by atoms with Crippen LogP contribution in [0.5, 0.6) is 11.5 Å². The van der Waals surface area contributed by atoms with Crippen LogP contribution in [0.15, 0.2) is 30.3 Å². The number of phenolic OH excluding ortho intramolecular Hbond substituents is 2. The third-order valence-electron chi connectivity index (χ3n) is 4.95. The van der Waals surface area contributed by atoms with Gasteiger partial charge in [-0.3, -0.25) is 4.90 Å². The zero-order chi connectivity index (χ0) is 14.8. The molecule has 0 amide bonds. The summed E-state index contributed by atoms with van der Waals surface area (Å²) in [6, 6.07) is 9.49. The van der Waals surface area contributed by atoms with Gasteiger partial charge >= 0.3 is 0 Å². The minimum Gasteiger partial charge on any atom is -0.504 e. The van der Waals surface area contributed by atoms with E-state index in [9.17, 15) is 10.2 Å². The van der Waals surface area contributed by atoms with Crippen LogP contribution in [0.1, 0.15) is 16.7 Å². The molecule has 2 aromatic carbocycles. The topological polar surface area (TPSA) is 69.7 Å². The molecule has 0 saturated heterocycles. The fraction of sp³-hybridized carbons (Fsp3) is 0.294. The highest BCUT2D eigenvalue weighted by Gasteiger charge is 2.43. The van der Waals surface area contributed by atoms with Gasteiger partial charge in [0.2, 0.25) is 0 Å². The van der Waals surface area contributed by atoms with Crippen molar-refractivity contribution in [2.45, 2.75) is 18.5 Å². The minimum absolute atomic E-state index is 0.0452. The van der Waals surface area contributed by atoms with Crippen LogP contribution in [0.4, 0.5) is 0 Å². The van der Waals surface area contributed by atoms with Gasteiger partial charge < -0.3 is 15.9 Å². The summed E-state index contributed by atoms with van der Waals surface area (Å²) >= 11 is 0. The number of rotatable bonds is 0. The van der Waals surface area contributed by atoms with Gasteiger partial charge in [-0.1, -0.05) is 24.3 Å². The summed E-state index contributed by atoms with van der Waals surface area (Å²) in [4.78, 5) is 2.19. The average Bonchev–Trinajstić information content (AvgIpc) is 2.47. The van der Waals surface area contributed by atoms with Gasteiger partial charge in [-0.05, 0) is 41.8 Å². The average molecular weight is 282 g/mol. The fourth-order valence-corrected chi connectivity index (χ4v) is 3.79. The van der Waals surface area contributed by atoms with E-state index in [-0.39, 0.29) is 11.5 Å². The molecule has 1 aliphatic heterocycles. The summed E-state index contributed by atoms with van der Waals surface area (Å²) < 4.78 is 0. The number of aromatic hydroxyl groups is 2. The van der Waals surface area contributed by atoms with Crippen LogP contribution in [-0.2, 0) is 18.5 Å². The molecule has 0 bridgehead atoms. The Kier molecular flexibility index (Phi) is 2.41. The molecule has 4 rings (SSSR count). The summed E-state index contributed by atoms with van der Waals surface area (Å²) in [5.41, 5.74) is 11.2. The number of benzene rings is 2. The lowest BCUT2D eigenvalue weighted by molar-refractivity contribution is 0.109. The van der Waals surface area contributed by atoms with Gasteiger partial charge in [0.05, 0.1) is 5.66 Å². The van der Waals surface area contributed by atoms with Crippen LogP contribution in [-0.4, -0.2) is 28.7 Å². The largest absolute Gasteiger partial charge is 0.504 e. The van der Waals surface area contributed by atoms with Crippen molar-refractivity contribution in [3.8, 4) is 22.6 Å². The third-order valence-corrected chi connectivity index (χ3v) is 4.95. The number of fused-ring (bicyclic) bond motifs is 2. The van der Waals surface area contributed by atoms with Crippen LogP contribution >= 0.6 is 0 Å². The Morgan fingerprint density at radius 2 is 1.95 bits per heavy atom. The molecule has 1 unspecified atom stereocenters. The van der Waals surface area contributed by atoms with E-state index < -0.39 is 5.66 Å². The first-order valence-corrected chi connectivity index (χ1v) is 7.19. The van der Waals surface area contributed by atoms with Gasteiger partial charge in [-0.25, -0.2) is 0 Å². The van der Waals surface area contributed by atoms with Gasteiger partial charge in [0.15, 0.2) is 11.5 Å². The number of hydrogen-bond donors (Lipinski definition) is 3. The van der Waals surface area contributed by atoms with E-state index in [1.54, 1.807) is 0 Å². The Balaban J connectivity index is 2.10. The Labute approximate surface area is 123 Å². The first-order valence-electron chi connectivity index (χ1n) is 7.19. The van der Waals surface area contributed by atoms with E-state index in [4.69, 9.17) is 5.73 Å². The second-order valence-electron chi connectivity index (χ2n) is 6.08. The van der Waals surface area contributed by atoms with Crippen molar-refractivity contribution < 1.29 is 10.2 Å². The number of phenols is 2. The summed E-state index contributed by atoms with van der Waals surface area (Å²) in [5, 5.41) is 20.1. The lowest BCUT2D eigenvalue weighted by Crippen LogP contribution is -2.57. The second-order valence-corrected chi connectivity index (χ2v) is 6.08. The number of nitrogens with zero attached hydrogens (tertiary/aromatic N) is 1. The summed E-state index contributed by atoms with van der Waals surface area (Å²) in [6.45, 7) is 0.923. The molecule has 4 N–H and O–H groups in total. The Bertz CT molecular complexity index is 757. The summed E-state index contributed by atoms with van der Waals surface area (Å²) in [5.74, 6) is -0.129. The SMILES string of the molecule is CN1CCc2cccc3c2C1(N)Cc1ccc(O)c(O)c1-3. The quantitative estimate of drug-likeness (QED) is 0.646. The summed E-state index contributed by atoms with van der Waals surface area (Å²) in [6.07, 6.45) is 1.59. The molecular weight excluding hydrogens is 264 g/mol. The third kappa shape index (κ3) is 1.51. The van der Waals surface area contributed by atoms with Gasteiger partial charge in [0.25, 0.3) is 0 Å². The molecule has 0 fully saturated rings. The molecule has 4 heteroatoms. The number of likely N-dealkylation sites (N-methyl/N-ethyl adjacent to an activating group) is 1. The lowest BCUT2D eigenvalue weighted by Gasteiger charge is -2.47. The summed E-state index contributed by atoms with van der Waals surface area (Å²) in [7, 11) is 2.05. The van der Waals surface area contributed by atoms with Crippen molar-refractivity contribution in [2.24, 2.45) is 5.73 Å². The van der Waals surface area contributed by atoms with Crippen molar-refractivity contribution >= 4 is 0 Å². The zero-order valence-corrected chi connectivity index (χ0v) is 11.9. The normalized spacial score (nSPS) is 23.5. The molecule has 0 aromatic heterocycles. The maximum Gasteiger partial charge on any atom is 0.165 e. The van der Waals surface area contributed by atoms with E-state index in [1.807, 2.05) is 25.2 Å². The minimum atomic E-state index is -0.541. The van der Waals surface area contributed by atoms with Crippen LogP contribution in [0, 0.1) is 0 Å². The van der Waals surface area contributed by atoms with Crippen molar-refractivity contribution in [2.75, 3.05) is 13.6 Å². The maximum atomic E-state index is 10.3. The standard InChI is InChI=1S/C17H18N2O2/c1-19-8-7-10-3-2-4-12-14-11(5-6-13(20)16(14)21)9-17(19,18)15(10)12/h2-6,20-21H,7-9,18H2,1H3. The monoisotopic (exact) mass is 282 g/mol. The van der Waals surface area contributed by atoms with Gasteiger partial charge in [0.1, 0.15) is 0 Å². The van der Waals surface area contributed by atoms with Gasteiger partial charge in [-0.2, -0.15) is 0 Å². The molecule has 1 aliphatic carbocycles. The Morgan fingerprint density at radius 3 is 2.76 bits per heavy atom. The highest BCUT2D eigenvalue weighted by molar-refractivity contribution is 5.82. The number of hydrogen-bond acceptors (Lipinski definition) is 4. The van der Waals surface area contributed by atoms with E-state index in [0.717, 1.165) is 35.2 Å². The Hall–Kier alpha value is -2.04. The van der Waals surface area contributed by atoms with Crippen LogP contribution in [0.25, 0.3) is 11.1 Å². The van der Waals surface area contributed by atoms with Crippen molar-refractivity contribution in [3.63, 3.8) is 0 Å².